The van der Waals surface area contributed by atoms with Gasteiger partial charge in [-0.3, -0.25) is 9.78 Å². The summed E-state index contributed by atoms with van der Waals surface area (Å²) in [7, 11) is 0. The number of nitrogens with zero attached hydrogens (tertiary/aromatic N) is 6. The molecule has 8 heteroatoms. The van der Waals surface area contributed by atoms with Crippen molar-refractivity contribution in [2.24, 2.45) is 0 Å². The summed E-state index contributed by atoms with van der Waals surface area (Å²) < 4.78 is 3.44. The topological polar surface area (TPSA) is 89.4 Å². The minimum absolute atomic E-state index is 0.120. The van der Waals surface area contributed by atoms with Crippen molar-refractivity contribution in [1.29, 1.82) is 5.26 Å². The van der Waals surface area contributed by atoms with Gasteiger partial charge in [-0.2, -0.15) is 5.26 Å². The molecule has 0 bridgehead atoms. The molecule has 126 valence electrons. The Morgan fingerprint density at radius 3 is 2.84 bits per heavy atom. The van der Waals surface area contributed by atoms with Crippen molar-refractivity contribution < 1.29 is 0 Å². The first-order chi connectivity index (χ1) is 12.1. The molecule has 0 unspecified atom stereocenters. The Bertz CT molecular complexity index is 1070. The van der Waals surface area contributed by atoms with Crippen LogP contribution >= 0.6 is 11.8 Å². The van der Waals surface area contributed by atoms with Crippen LogP contribution in [0.25, 0.3) is 16.7 Å². The van der Waals surface area contributed by atoms with Crippen molar-refractivity contribution in [3.63, 3.8) is 0 Å². The highest BCUT2D eigenvalue weighted by Gasteiger charge is 2.46. The van der Waals surface area contributed by atoms with Gasteiger partial charge in [0.25, 0.3) is 5.56 Å². The number of thioether (sulfide) groups is 1. The Kier molecular flexibility index (Phi) is 3.62. The van der Waals surface area contributed by atoms with Crippen molar-refractivity contribution in [3.8, 4) is 11.8 Å². The number of rotatable bonds is 4. The minimum Gasteiger partial charge on any atom is -0.267 e. The van der Waals surface area contributed by atoms with E-state index in [9.17, 15) is 10.1 Å². The minimum atomic E-state index is -0.476. The lowest BCUT2D eigenvalue weighted by atomic mass is 10.0. The molecule has 0 aliphatic heterocycles. The van der Waals surface area contributed by atoms with Crippen LogP contribution in [0.15, 0.2) is 34.5 Å². The number of pyridine rings is 1. The second-order valence-corrected chi connectivity index (χ2v) is 6.79. The quantitative estimate of drug-likeness (QED) is 0.528. The fourth-order valence-electron chi connectivity index (χ4n) is 3.02. The first-order valence-electron chi connectivity index (χ1n) is 8.04. The summed E-state index contributed by atoms with van der Waals surface area (Å²) in [6.45, 7) is 2.42. The second-order valence-electron chi connectivity index (χ2n) is 6.02. The molecule has 1 fully saturated rings. The summed E-state index contributed by atoms with van der Waals surface area (Å²) in [4.78, 5) is 25.8. The van der Waals surface area contributed by atoms with Gasteiger partial charge in [-0.25, -0.2) is 19.3 Å². The first kappa shape index (κ1) is 15.8. The van der Waals surface area contributed by atoms with E-state index in [0.29, 0.717) is 22.7 Å². The summed E-state index contributed by atoms with van der Waals surface area (Å²) in [5.74, 6) is 0. The molecule has 3 aromatic heterocycles. The van der Waals surface area contributed by atoms with Crippen molar-refractivity contribution in [1.82, 2.24) is 24.3 Å². The molecule has 0 radical (unpaired) electrons. The zero-order chi connectivity index (χ0) is 17.6. The van der Waals surface area contributed by atoms with E-state index in [2.05, 4.69) is 21.0 Å². The Hall–Kier alpha value is -2.66. The largest absolute Gasteiger partial charge is 0.278 e. The van der Waals surface area contributed by atoms with E-state index in [0.717, 1.165) is 24.2 Å². The summed E-state index contributed by atoms with van der Waals surface area (Å²) in [5.41, 5.74) is 1.51. The van der Waals surface area contributed by atoms with Crippen LogP contribution in [0.5, 0.6) is 0 Å². The number of nitriles is 1. The smallest absolute Gasteiger partial charge is 0.267 e. The number of fused-ring (bicyclic) bond motifs is 1. The number of hydrogen-bond acceptors (Lipinski definition) is 6. The molecule has 25 heavy (non-hydrogen) atoms. The molecule has 0 spiro atoms. The Balaban J connectivity index is 1.99. The Morgan fingerprint density at radius 2 is 2.20 bits per heavy atom. The molecule has 0 amide bonds. The molecular formula is C17H16N6OS. The molecule has 0 saturated heterocycles. The maximum atomic E-state index is 12.7. The van der Waals surface area contributed by atoms with Crippen LogP contribution in [-0.4, -0.2) is 30.6 Å². The van der Waals surface area contributed by atoms with Crippen LogP contribution in [-0.2, 0) is 12.0 Å². The van der Waals surface area contributed by atoms with E-state index in [1.165, 1.54) is 11.8 Å². The van der Waals surface area contributed by atoms with Gasteiger partial charge in [-0.1, -0.05) is 11.8 Å². The molecule has 7 nitrogen and oxygen atoms in total. The normalized spacial score (nSPS) is 15.2. The van der Waals surface area contributed by atoms with Gasteiger partial charge in [-0.15, -0.1) is 0 Å². The summed E-state index contributed by atoms with van der Waals surface area (Å²) in [5, 5.41) is 10.5. The average molecular weight is 352 g/mol. The molecular weight excluding hydrogens is 336 g/mol. The predicted molar refractivity (Wildman–Crippen MR) is 94.9 cm³/mol. The van der Waals surface area contributed by atoms with E-state index in [1.807, 2.05) is 25.3 Å². The van der Waals surface area contributed by atoms with Gasteiger partial charge >= 0.3 is 0 Å². The number of hydrogen-bond donors (Lipinski definition) is 0. The van der Waals surface area contributed by atoms with Crippen LogP contribution in [0.4, 0.5) is 0 Å². The maximum absolute atomic E-state index is 12.7. The van der Waals surface area contributed by atoms with Gasteiger partial charge in [0.15, 0.2) is 10.8 Å². The molecule has 3 aromatic rings. The van der Waals surface area contributed by atoms with E-state index in [-0.39, 0.29) is 5.56 Å². The van der Waals surface area contributed by atoms with E-state index >= 15 is 0 Å². The monoisotopic (exact) mass is 352 g/mol. The highest BCUT2D eigenvalue weighted by molar-refractivity contribution is 7.98. The molecule has 1 saturated carbocycles. The summed E-state index contributed by atoms with van der Waals surface area (Å²) >= 11 is 1.43. The molecule has 1 aliphatic rings. The van der Waals surface area contributed by atoms with Gasteiger partial charge in [0.1, 0.15) is 5.39 Å². The number of aromatic nitrogens is 5. The average Bonchev–Trinajstić information content (AvgIpc) is 3.41. The SMILES string of the molecule is CCn1c(=O)c2cnc(SC)nc2n1-c1ccnc(C2(C#N)CC2)c1. The van der Waals surface area contributed by atoms with Gasteiger partial charge in [-0.05, 0) is 38.2 Å². The van der Waals surface area contributed by atoms with Crippen LogP contribution in [0.1, 0.15) is 25.5 Å². The third-order valence-corrected chi connectivity index (χ3v) is 5.14. The van der Waals surface area contributed by atoms with E-state index in [1.54, 1.807) is 21.8 Å². The lowest BCUT2D eigenvalue weighted by Gasteiger charge is -2.13. The third-order valence-electron chi connectivity index (χ3n) is 4.58. The van der Waals surface area contributed by atoms with Crippen molar-refractivity contribution in [3.05, 3.63) is 40.6 Å². The van der Waals surface area contributed by atoms with Gasteiger partial charge < -0.3 is 0 Å². The van der Waals surface area contributed by atoms with Crippen molar-refractivity contribution in [2.45, 2.75) is 36.9 Å². The van der Waals surface area contributed by atoms with E-state index in [4.69, 9.17) is 0 Å². The lowest BCUT2D eigenvalue weighted by Crippen LogP contribution is -2.21. The molecule has 0 atom stereocenters. The summed E-state index contributed by atoms with van der Waals surface area (Å²) in [6.07, 6.45) is 6.82. The predicted octanol–water partition coefficient (Wildman–Crippen LogP) is 2.27. The van der Waals surface area contributed by atoms with Gasteiger partial charge in [0.05, 0.1) is 22.9 Å². The van der Waals surface area contributed by atoms with Crippen LogP contribution in [0.3, 0.4) is 0 Å². The second kappa shape index (κ2) is 5.70. The summed E-state index contributed by atoms with van der Waals surface area (Å²) in [6, 6.07) is 6.09. The molecule has 0 N–H and O–H groups in total. The van der Waals surface area contributed by atoms with Crippen LogP contribution < -0.4 is 5.56 Å². The van der Waals surface area contributed by atoms with Crippen molar-refractivity contribution >= 4 is 22.8 Å². The maximum Gasteiger partial charge on any atom is 0.278 e. The lowest BCUT2D eigenvalue weighted by molar-refractivity contribution is 0.573. The molecule has 0 aromatic carbocycles. The van der Waals surface area contributed by atoms with Crippen LogP contribution in [0.2, 0.25) is 0 Å². The first-order valence-corrected chi connectivity index (χ1v) is 9.26. The molecule has 4 rings (SSSR count). The van der Waals surface area contributed by atoms with Gasteiger partial charge in [0, 0.05) is 18.9 Å². The van der Waals surface area contributed by atoms with Crippen LogP contribution in [0, 0.1) is 11.3 Å². The highest BCUT2D eigenvalue weighted by atomic mass is 32.2. The fourth-order valence-corrected chi connectivity index (χ4v) is 3.36. The van der Waals surface area contributed by atoms with Gasteiger partial charge in [0.2, 0.25) is 0 Å². The Labute approximate surface area is 148 Å². The zero-order valence-electron chi connectivity index (χ0n) is 13.9. The molecule has 1 aliphatic carbocycles. The third kappa shape index (κ3) is 2.35. The fraction of sp³-hybridized carbons (Fsp3) is 0.353. The van der Waals surface area contributed by atoms with E-state index < -0.39 is 5.41 Å². The highest BCUT2D eigenvalue weighted by Crippen LogP contribution is 2.46. The van der Waals surface area contributed by atoms with Crippen molar-refractivity contribution in [2.75, 3.05) is 6.26 Å². The Morgan fingerprint density at radius 1 is 1.40 bits per heavy atom. The molecule has 3 heterocycles. The zero-order valence-corrected chi connectivity index (χ0v) is 14.7. The standard InChI is InChI=1S/C17H16N6OS/c1-3-22-15(24)12-9-20-16(25-2)21-14(12)23(22)11-4-7-19-13(8-11)17(10-18)5-6-17/h4,7-9H,3,5-6H2,1-2H3.